The number of fused-ring (bicyclic) bond motifs is 2. The number of aromatic nitrogens is 1. The van der Waals surface area contributed by atoms with Gasteiger partial charge >= 0.3 is 0 Å². The number of rotatable bonds is 4. The first kappa shape index (κ1) is 12.6. The molecule has 1 aromatic heterocycles. The van der Waals surface area contributed by atoms with Crippen molar-refractivity contribution in [3.05, 3.63) is 0 Å². The molecule has 0 radical (unpaired) electrons. The summed E-state index contributed by atoms with van der Waals surface area (Å²) in [6, 6.07) is 0.547. The number of thioether (sulfide) groups is 1. The maximum atomic E-state index is 5.88. The van der Waals surface area contributed by atoms with E-state index in [1.165, 1.54) is 37.2 Å². The SMILES string of the molecule is CSc1c(N)nsc1NC(C)C1CC2CCC1C2. The van der Waals surface area contributed by atoms with Gasteiger partial charge in [-0.2, -0.15) is 4.37 Å². The van der Waals surface area contributed by atoms with Gasteiger partial charge < -0.3 is 11.1 Å². The Morgan fingerprint density at radius 3 is 2.89 bits per heavy atom. The van der Waals surface area contributed by atoms with Crippen LogP contribution in [0.4, 0.5) is 10.8 Å². The first-order valence-electron chi connectivity index (χ1n) is 6.74. The molecule has 0 spiro atoms. The zero-order chi connectivity index (χ0) is 12.7. The Hall–Kier alpha value is -0.420. The zero-order valence-corrected chi connectivity index (χ0v) is 12.6. The maximum absolute atomic E-state index is 5.88. The molecule has 5 heteroatoms. The zero-order valence-electron chi connectivity index (χ0n) is 11.0. The summed E-state index contributed by atoms with van der Waals surface area (Å²) in [6.07, 6.45) is 7.87. The van der Waals surface area contributed by atoms with Gasteiger partial charge in [0.05, 0.1) is 4.90 Å². The molecule has 4 atom stereocenters. The van der Waals surface area contributed by atoms with Gasteiger partial charge in [0.2, 0.25) is 0 Å². The highest BCUT2D eigenvalue weighted by Crippen LogP contribution is 2.50. The Morgan fingerprint density at radius 2 is 2.28 bits per heavy atom. The third kappa shape index (κ3) is 2.11. The molecule has 3 nitrogen and oxygen atoms in total. The van der Waals surface area contributed by atoms with Gasteiger partial charge in [0, 0.05) is 6.04 Å². The molecule has 18 heavy (non-hydrogen) atoms. The molecule has 0 aliphatic heterocycles. The maximum Gasteiger partial charge on any atom is 0.153 e. The molecule has 1 aromatic rings. The lowest BCUT2D eigenvalue weighted by Crippen LogP contribution is -2.29. The number of hydrogen-bond acceptors (Lipinski definition) is 5. The Morgan fingerprint density at radius 1 is 1.44 bits per heavy atom. The van der Waals surface area contributed by atoms with Gasteiger partial charge in [-0.25, -0.2) is 0 Å². The van der Waals surface area contributed by atoms with Gasteiger partial charge in [-0.05, 0) is 61.7 Å². The van der Waals surface area contributed by atoms with Gasteiger partial charge in [0.1, 0.15) is 5.00 Å². The van der Waals surface area contributed by atoms with Gasteiger partial charge in [0.15, 0.2) is 5.82 Å². The van der Waals surface area contributed by atoms with Crippen LogP contribution in [0.25, 0.3) is 0 Å². The van der Waals surface area contributed by atoms with E-state index in [4.69, 9.17) is 5.73 Å². The molecular formula is C13H21N3S2. The molecule has 4 unspecified atom stereocenters. The van der Waals surface area contributed by atoms with Crippen LogP contribution in [-0.2, 0) is 0 Å². The topological polar surface area (TPSA) is 50.9 Å². The molecule has 3 N–H and O–H groups in total. The summed E-state index contributed by atoms with van der Waals surface area (Å²) >= 11 is 3.19. The van der Waals surface area contributed by atoms with Crippen molar-refractivity contribution in [2.45, 2.75) is 43.5 Å². The lowest BCUT2D eigenvalue weighted by Gasteiger charge is -2.28. The summed E-state index contributed by atoms with van der Waals surface area (Å²) in [5, 5.41) is 4.83. The fraction of sp³-hybridized carbons (Fsp3) is 0.769. The van der Waals surface area contributed by atoms with E-state index in [-0.39, 0.29) is 0 Å². The van der Waals surface area contributed by atoms with E-state index in [0.717, 1.165) is 27.7 Å². The number of nitrogen functional groups attached to an aromatic ring is 1. The molecule has 100 valence electrons. The van der Waals surface area contributed by atoms with E-state index < -0.39 is 0 Å². The van der Waals surface area contributed by atoms with Crippen molar-refractivity contribution in [2.75, 3.05) is 17.3 Å². The van der Waals surface area contributed by atoms with Crippen LogP contribution in [0.3, 0.4) is 0 Å². The Labute approximate surface area is 117 Å². The fourth-order valence-corrected chi connectivity index (χ4v) is 5.43. The summed E-state index contributed by atoms with van der Waals surface area (Å²) in [4.78, 5) is 1.12. The van der Waals surface area contributed by atoms with Crippen molar-refractivity contribution in [3.63, 3.8) is 0 Å². The first-order valence-corrected chi connectivity index (χ1v) is 8.74. The van der Waals surface area contributed by atoms with Crippen LogP contribution in [0, 0.1) is 17.8 Å². The molecule has 1 heterocycles. The molecule has 3 rings (SSSR count). The second kappa shape index (κ2) is 4.93. The largest absolute Gasteiger partial charge is 0.382 e. The molecule has 2 aliphatic carbocycles. The van der Waals surface area contributed by atoms with E-state index in [0.29, 0.717) is 11.9 Å². The highest BCUT2D eigenvalue weighted by atomic mass is 32.2. The molecule has 2 fully saturated rings. The van der Waals surface area contributed by atoms with Crippen LogP contribution in [0.1, 0.15) is 32.6 Å². The molecular weight excluding hydrogens is 262 g/mol. The number of anilines is 2. The van der Waals surface area contributed by atoms with Crippen LogP contribution in [-0.4, -0.2) is 16.7 Å². The Kier molecular flexibility index (Phi) is 3.45. The van der Waals surface area contributed by atoms with Crippen LogP contribution in [0.15, 0.2) is 4.90 Å². The van der Waals surface area contributed by atoms with Crippen molar-refractivity contribution in [3.8, 4) is 0 Å². The predicted molar refractivity (Wildman–Crippen MR) is 80.3 cm³/mol. The molecule has 0 saturated heterocycles. The number of nitrogens with one attached hydrogen (secondary N) is 1. The Balaban J connectivity index is 1.69. The molecule has 0 aromatic carbocycles. The van der Waals surface area contributed by atoms with Crippen LogP contribution in [0.2, 0.25) is 0 Å². The molecule has 2 saturated carbocycles. The lowest BCUT2D eigenvalue weighted by atomic mass is 9.84. The number of nitrogens with zero attached hydrogens (tertiary/aromatic N) is 1. The third-order valence-electron chi connectivity index (χ3n) is 4.67. The van der Waals surface area contributed by atoms with Crippen molar-refractivity contribution < 1.29 is 0 Å². The monoisotopic (exact) mass is 283 g/mol. The highest BCUT2D eigenvalue weighted by Gasteiger charge is 2.41. The lowest BCUT2D eigenvalue weighted by molar-refractivity contribution is 0.304. The standard InChI is InChI=1S/C13H21N3S2/c1-7(10-6-8-3-4-9(10)5-8)15-13-11(17-2)12(14)16-18-13/h7-10,15H,3-6H2,1-2H3,(H2,14,16). The van der Waals surface area contributed by atoms with E-state index in [9.17, 15) is 0 Å². The second-order valence-electron chi connectivity index (χ2n) is 5.70. The van der Waals surface area contributed by atoms with Crippen molar-refractivity contribution in [1.82, 2.24) is 4.37 Å². The minimum Gasteiger partial charge on any atom is -0.382 e. The van der Waals surface area contributed by atoms with Gasteiger partial charge in [-0.1, -0.05) is 6.42 Å². The minimum atomic E-state index is 0.547. The van der Waals surface area contributed by atoms with Gasteiger partial charge in [-0.15, -0.1) is 11.8 Å². The predicted octanol–water partition coefficient (Wildman–Crippen LogP) is 3.68. The molecule has 2 bridgehead atoms. The van der Waals surface area contributed by atoms with Crippen LogP contribution in [0.5, 0.6) is 0 Å². The van der Waals surface area contributed by atoms with Gasteiger partial charge in [-0.3, -0.25) is 0 Å². The number of hydrogen-bond donors (Lipinski definition) is 2. The van der Waals surface area contributed by atoms with Crippen LogP contribution >= 0.6 is 23.3 Å². The summed E-state index contributed by atoms with van der Waals surface area (Å²) in [5.74, 6) is 3.49. The normalized spacial score (nSPS) is 31.8. The number of nitrogens with two attached hydrogens (primary N) is 1. The van der Waals surface area contributed by atoms with E-state index in [1.807, 2.05) is 0 Å². The smallest absolute Gasteiger partial charge is 0.153 e. The molecule has 2 aliphatic rings. The Bertz CT molecular complexity index is 432. The third-order valence-corrected chi connectivity index (χ3v) is 6.42. The summed E-state index contributed by atoms with van der Waals surface area (Å²) in [7, 11) is 0. The first-order chi connectivity index (χ1) is 8.69. The van der Waals surface area contributed by atoms with E-state index in [1.54, 1.807) is 11.8 Å². The van der Waals surface area contributed by atoms with Gasteiger partial charge in [0.25, 0.3) is 0 Å². The average molecular weight is 283 g/mol. The summed E-state index contributed by atoms with van der Waals surface area (Å²) in [6.45, 7) is 2.32. The van der Waals surface area contributed by atoms with E-state index >= 15 is 0 Å². The average Bonchev–Trinajstić information content (AvgIpc) is 3.04. The van der Waals surface area contributed by atoms with E-state index in [2.05, 4.69) is 22.9 Å². The van der Waals surface area contributed by atoms with Crippen LogP contribution < -0.4 is 11.1 Å². The van der Waals surface area contributed by atoms with Crippen molar-refractivity contribution in [1.29, 1.82) is 0 Å². The molecule has 0 amide bonds. The van der Waals surface area contributed by atoms with Crippen molar-refractivity contribution >= 4 is 34.1 Å². The second-order valence-corrected chi connectivity index (χ2v) is 7.29. The summed E-state index contributed by atoms with van der Waals surface area (Å²) < 4.78 is 4.25. The fourth-order valence-electron chi connectivity index (χ4n) is 3.80. The summed E-state index contributed by atoms with van der Waals surface area (Å²) in [5.41, 5.74) is 5.88. The van der Waals surface area contributed by atoms with Crippen molar-refractivity contribution in [2.24, 2.45) is 17.8 Å². The quantitative estimate of drug-likeness (QED) is 0.828. The minimum absolute atomic E-state index is 0.547. The highest BCUT2D eigenvalue weighted by molar-refractivity contribution is 7.99.